The first-order chi connectivity index (χ1) is 9.73. The Balaban J connectivity index is 2.03. The highest BCUT2D eigenvalue weighted by Gasteiger charge is 2.32. The molecule has 1 N–H and O–H groups in total. The van der Waals surface area contributed by atoms with Crippen LogP contribution in [0.4, 0.5) is 18.9 Å². The molecule has 2 rings (SSSR count). The summed E-state index contributed by atoms with van der Waals surface area (Å²) >= 11 is 5.85. The zero-order valence-electron chi connectivity index (χ0n) is 12.0. The van der Waals surface area contributed by atoms with Gasteiger partial charge in [0.25, 0.3) is 0 Å². The minimum Gasteiger partial charge on any atom is -0.404 e. The van der Waals surface area contributed by atoms with Crippen LogP contribution in [0.25, 0.3) is 0 Å². The number of rotatable bonds is 3. The van der Waals surface area contributed by atoms with Gasteiger partial charge in [0.2, 0.25) is 0 Å². The lowest BCUT2D eigenvalue weighted by molar-refractivity contribution is -0.274. The second kappa shape index (κ2) is 6.34. The summed E-state index contributed by atoms with van der Waals surface area (Å²) in [5, 5.41) is 3.30. The van der Waals surface area contributed by atoms with Gasteiger partial charge < -0.3 is 10.1 Å². The number of hydrogen-bond acceptors (Lipinski definition) is 2. The maximum Gasteiger partial charge on any atom is 0.573 e. The van der Waals surface area contributed by atoms with Gasteiger partial charge >= 0.3 is 6.36 Å². The van der Waals surface area contributed by atoms with Crippen molar-refractivity contribution < 1.29 is 17.9 Å². The van der Waals surface area contributed by atoms with E-state index in [9.17, 15) is 13.2 Å². The molecule has 118 valence electrons. The average molecular weight is 322 g/mol. The Bertz CT molecular complexity index is 482. The second-order valence-electron chi connectivity index (χ2n) is 5.95. The molecule has 2 nitrogen and oxygen atoms in total. The smallest absolute Gasteiger partial charge is 0.404 e. The maximum absolute atomic E-state index is 12.2. The van der Waals surface area contributed by atoms with Crippen molar-refractivity contribution in [1.82, 2.24) is 0 Å². The summed E-state index contributed by atoms with van der Waals surface area (Å²) in [6, 6.07) is 4.62. The highest BCUT2D eigenvalue weighted by atomic mass is 35.5. The van der Waals surface area contributed by atoms with Crippen molar-refractivity contribution in [2.24, 2.45) is 11.8 Å². The van der Waals surface area contributed by atoms with Crippen LogP contribution in [-0.2, 0) is 0 Å². The van der Waals surface area contributed by atoms with Gasteiger partial charge in [-0.05, 0) is 49.3 Å². The highest BCUT2D eigenvalue weighted by molar-refractivity contribution is 6.32. The summed E-state index contributed by atoms with van der Waals surface area (Å²) in [5.41, 5.74) is 0.723. The predicted molar refractivity (Wildman–Crippen MR) is 77.7 cm³/mol. The molecule has 1 aromatic rings. The maximum atomic E-state index is 12.2. The zero-order chi connectivity index (χ0) is 15.6. The first-order valence-corrected chi connectivity index (χ1v) is 7.42. The molecule has 6 heteroatoms. The molecule has 0 radical (unpaired) electrons. The third kappa shape index (κ3) is 4.99. The molecule has 1 aliphatic carbocycles. The van der Waals surface area contributed by atoms with Crippen molar-refractivity contribution in [1.29, 1.82) is 0 Å². The number of ether oxygens (including phenoxy) is 1. The van der Waals surface area contributed by atoms with Crippen LogP contribution in [0.5, 0.6) is 5.75 Å². The molecule has 2 unspecified atom stereocenters. The molecular weight excluding hydrogens is 303 g/mol. The molecule has 21 heavy (non-hydrogen) atoms. The molecule has 1 aliphatic rings. The van der Waals surface area contributed by atoms with Crippen LogP contribution in [0.15, 0.2) is 18.2 Å². The van der Waals surface area contributed by atoms with Crippen LogP contribution in [0.2, 0.25) is 5.02 Å². The summed E-state index contributed by atoms with van der Waals surface area (Å²) in [6.45, 7) is 4.44. The zero-order valence-corrected chi connectivity index (χ0v) is 12.8. The molecule has 0 amide bonds. The Hall–Kier alpha value is -1.10. The van der Waals surface area contributed by atoms with Crippen LogP contribution < -0.4 is 10.1 Å². The van der Waals surface area contributed by atoms with E-state index < -0.39 is 6.36 Å². The van der Waals surface area contributed by atoms with E-state index in [0.29, 0.717) is 17.9 Å². The van der Waals surface area contributed by atoms with Gasteiger partial charge in [-0.25, -0.2) is 0 Å². The van der Waals surface area contributed by atoms with Gasteiger partial charge in [-0.15, -0.1) is 13.2 Å². The van der Waals surface area contributed by atoms with E-state index >= 15 is 0 Å². The summed E-state index contributed by atoms with van der Waals surface area (Å²) in [5.74, 6) is 0.921. The molecule has 0 heterocycles. The van der Waals surface area contributed by atoms with Crippen LogP contribution >= 0.6 is 11.6 Å². The molecule has 0 aromatic heterocycles. The van der Waals surface area contributed by atoms with Gasteiger partial charge in [-0.2, -0.15) is 0 Å². The summed E-state index contributed by atoms with van der Waals surface area (Å²) in [7, 11) is 0. The van der Waals surface area contributed by atoms with Crippen molar-refractivity contribution >= 4 is 17.3 Å². The van der Waals surface area contributed by atoms with Crippen molar-refractivity contribution in [2.75, 3.05) is 5.32 Å². The number of benzene rings is 1. The first kappa shape index (κ1) is 16.3. The van der Waals surface area contributed by atoms with Gasteiger partial charge in [0.15, 0.2) is 0 Å². The largest absolute Gasteiger partial charge is 0.573 e. The fraction of sp³-hybridized carbons (Fsp3) is 0.600. The van der Waals surface area contributed by atoms with Gasteiger partial charge in [-0.1, -0.05) is 25.4 Å². The van der Waals surface area contributed by atoms with Crippen molar-refractivity contribution in [3.63, 3.8) is 0 Å². The minimum atomic E-state index is -4.73. The fourth-order valence-electron chi connectivity index (χ4n) is 3.10. The highest BCUT2D eigenvalue weighted by Crippen LogP contribution is 2.34. The Morgan fingerprint density at radius 3 is 2.29 bits per heavy atom. The minimum absolute atomic E-state index is 0.0470. The van der Waals surface area contributed by atoms with Crippen LogP contribution in [0.1, 0.15) is 33.1 Å². The molecule has 2 atom stereocenters. The third-order valence-corrected chi connectivity index (χ3v) is 4.00. The lowest BCUT2D eigenvalue weighted by Crippen LogP contribution is -2.30. The summed E-state index contributed by atoms with van der Waals surface area (Å²) in [6.07, 6.45) is -1.39. The van der Waals surface area contributed by atoms with Crippen LogP contribution in [-0.4, -0.2) is 12.4 Å². The monoisotopic (exact) mass is 321 g/mol. The number of anilines is 1. The summed E-state index contributed by atoms with van der Waals surface area (Å²) < 4.78 is 40.4. The lowest BCUT2D eigenvalue weighted by Gasteiger charge is -2.32. The van der Waals surface area contributed by atoms with Gasteiger partial charge in [0.1, 0.15) is 5.75 Å². The Morgan fingerprint density at radius 1 is 1.14 bits per heavy atom. The Labute approximate surface area is 127 Å². The van der Waals surface area contributed by atoms with E-state index in [1.54, 1.807) is 6.07 Å². The lowest BCUT2D eigenvalue weighted by atomic mass is 9.80. The molecule has 0 saturated heterocycles. The van der Waals surface area contributed by atoms with E-state index in [1.165, 1.54) is 18.6 Å². The van der Waals surface area contributed by atoms with Crippen LogP contribution in [0, 0.1) is 11.8 Å². The van der Waals surface area contributed by atoms with Crippen molar-refractivity contribution in [2.45, 2.75) is 45.5 Å². The number of halogens is 4. The van der Waals surface area contributed by atoms with Gasteiger partial charge in [0.05, 0.1) is 5.02 Å². The SMILES string of the molecule is CC1CC(C)CC(Nc2ccc(OC(F)(F)F)c(Cl)c2)C1. The quantitative estimate of drug-likeness (QED) is 0.796. The molecular formula is C15H19ClF3NO. The standard InChI is InChI=1S/C15H19ClF3NO/c1-9-5-10(2)7-12(6-9)20-11-3-4-14(13(16)8-11)21-15(17,18)19/h3-4,8-10,12,20H,5-7H2,1-2H3. The van der Waals surface area contributed by atoms with E-state index in [2.05, 4.69) is 23.9 Å². The molecule has 0 bridgehead atoms. The van der Waals surface area contributed by atoms with Crippen molar-refractivity contribution in [3.8, 4) is 5.75 Å². The van der Waals surface area contributed by atoms with E-state index in [-0.39, 0.29) is 10.8 Å². The normalized spacial score (nSPS) is 26.5. The molecule has 1 saturated carbocycles. The summed E-state index contributed by atoms with van der Waals surface area (Å²) in [4.78, 5) is 0. The average Bonchev–Trinajstić information content (AvgIpc) is 2.30. The van der Waals surface area contributed by atoms with E-state index in [1.807, 2.05) is 0 Å². The number of nitrogens with one attached hydrogen (secondary N) is 1. The topological polar surface area (TPSA) is 21.3 Å². The third-order valence-electron chi connectivity index (χ3n) is 3.71. The van der Waals surface area contributed by atoms with Gasteiger partial charge in [-0.3, -0.25) is 0 Å². The Kier molecular flexibility index (Phi) is 4.91. The second-order valence-corrected chi connectivity index (χ2v) is 6.36. The molecule has 0 aliphatic heterocycles. The van der Waals surface area contributed by atoms with Gasteiger partial charge in [0, 0.05) is 11.7 Å². The number of hydrogen-bond donors (Lipinski definition) is 1. The van der Waals surface area contributed by atoms with Crippen molar-refractivity contribution in [3.05, 3.63) is 23.2 Å². The van der Waals surface area contributed by atoms with E-state index in [0.717, 1.165) is 18.5 Å². The number of alkyl halides is 3. The fourth-order valence-corrected chi connectivity index (χ4v) is 3.32. The first-order valence-electron chi connectivity index (χ1n) is 7.05. The van der Waals surface area contributed by atoms with E-state index in [4.69, 9.17) is 11.6 Å². The Morgan fingerprint density at radius 2 is 1.76 bits per heavy atom. The molecule has 0 spiro atoms. The molecule has 1 fully saturated rings. The molecule has 1 aromatic carbocycles. The van der Waals surface area contributed by atoms with Crippen LogP contribution in [0.3, 0.4) is 0 Å². The predicted octanol–water partition coefficient (Wildman–Crippen LogP) is 5.48.